The van der Waals surface area contributed by atoms with Crippen molar-refractivity contribution in [2.24, 2.45) is 0 Å². The molecule has 0 aromatic carbocycles. The molecule has 5 heteroatoms. The number of carbonyl (C=O) groups is 1. The van der Waals surface area contributed by atoms with Crippen LogP contribution in [0.25, 0.3) is 0 Å². The smallest absolute Gasteiger partial charge is 0.220 e. The Balaban J connectivity index is 3.48. The molecule has 0 spiro atoms. The maximum absolute atomic E-state index is 12.5. The molecule has 0 rings (SSSR count). The highest BCUT2D eigenvalue weighted by Crippen LogP contribution is 2.18. The van der Waals surface area contributed by atoms with Crippen LogP contribution in [0.4, 0.5) is 0 Å². The second kappa shape index (κ2) is 46.0. The van der Waals surface area contributed by atoms with Gasteiger partial charge in [-0.05, 0) is 12.8 Å². The predicted molar refractivity (Wildman–Crippen MR) is 241 cm³/mol. The molecular weight excluding hydrogens is 679 g/mol. The zero-order valence-electron chi connectivity index (χ0n) is 37.6. The third-order valence-corrected chi connectivity index (χ3v) is 12.2. The molecule has 55 heavy (non-hydrogen) atoms. The monoisotopic (exact) mass is 780 g/mol. The van der Waals surface area contributed by atoms with Gasteiger partial charge in [0.05, 0.1) is 18.8 Å². The second-order valence-electron chi connectivity index (χ2n) is 17.7. The van der Waals surface area contributed by atoms with Gasteiger partial charge in [-0.1, -0.05) is 271 Å². The van der Waals surface area contributed by atoms with Gasteiger partial charge < -0.3 is 20.6 Å². The third-order valence-electron chi connectivity index (χ3n) is 12.2. The lowest BCUT2D eigenvalue weighted by Crippen LogP contribution is -2.50. The molecule has 330 valence electrons. The molecule has 3 atom stereocenters. The van der Waals surface area contributed by atoms with E-state index >= 15 is 0 Å². The Morgan fingerprint density at radius 1 is 0.382 bits per heavy atom. The van der Waals surface area contributed by atoms with Crippen molar-refractivity contribution in [3.05, 3.63) is 0 Å². The summed E-state index contributed by atoms with van der Waals surface area (Å²) in [5, 5.41) is 33.6. The van der Waals surface area contributed by atoms with E-state index in [1.54, 1.807) is 0 Å². The summed E-state index contributed by atoms with van der Waals surface area (Å²) in [4.78, 5) is 12.5. The summed E-state index contributed by atoms with van der Waals surface area (Å²) in [7, 11) is 0. The van der Waals surface area contributed by atoms with Crippen molar-refractivity contribution in [2.45, 2.75) is 308 Å². The van der Waals surface area contributed by atoms with E-state index in [2.05, 4.69) is 19.2 Å². The van der Waals surface area contributed by atoms with Gasteiger partial charge in [0.25, 0.3) is 0 Å². The first-order valence-electron chi connectivity index (χ1n) is 25.3. The molecule has 0 aliphatic carbocycles. The number of hydrogen-bond donors (Lipinski definition) is 4. The zero-order valence-corrected chi connectivity index (χ0v) is 37.6. The molecule has 0 aromatic heterocycles. The average Bonchev–Trinajstić information content (AvgIpc) is 3.19. The molecule has 5 nitrogen and oxygen atoms in total. The SMILES string of the molecule is CCCCCCCCCCCCCCCCCCCCCCCCCCCCCC(=O)N[C@@H](CO)[C@H](O)[C@H](O)CCCCCCCCCCCCCCCC. The van der Waals surface area contributed by atoms with Crippen LogP contribution in [-0.2, 0) is 4.79 Å². The van der Waals surface area contributed by atoms with Crippen molar-refractivity contribution in [2.75, 3.05) is 6.61 Å². The molecule has 4 N–H and O–H groups in total. The van der Waals surface area contributed by atoms with Crippen molar-refractivity contribution in [3.63, 3.8) is 0 Å². The molecule has 0 radical (unpaired) electrons. The number of carbonyl (C=O) groups excluding carboxylic acids is 1. The van der Waals surface area contributed by atoms with Crippen molar-refractivity contribution in [1.82, 2.24) is 5.32 Å². The largest absolute Gasteiger partial charge is 0.394 e. The molecule has 0 unspecified atom stereocenters. The third kappa shape index (κ3) is 41.3. The molecule has 1 amide bonds. The molecule has 0 aromatic rings. The number of hydrogen-bond acceptors (Lipinski definition) is 4. The van der Waals surface area contributed by atoms with Crippen molar-refractivity contribution in [1.29, 1.82) is 0 Å². The maximum atomic E-state index is 12.5. The van der Waals surface area contributed by atoms with Gasteiger partial charge in [-0.2, -0.15) is 0 Å². The quantitative estimate of drug-likeness (QED) is 0.0463. The minimum absolute atomic E-state index is 0.138. The fraction of sp³-hybridized carbons (Fsp3) is 0.980. The van der Waals surface area contributed by atoms with Crippen LogP contribution in [-0.4, -0.2) is 46.1 Å². The van der Waals surface area contributed by atoms with Crippen LogP contribution >= 0.6 is 0 Å². The van der Waals surface area contributed by atoms with Gasteiger partial charge in [0.1, 0.15) is 6.10 Å². The minimum Gasteiger partial charge on any atom is -0.394 e. The Morgan fingerprint density at radius 2 is 0.618 bits per heavy atom. The number of unbranched alkanes of at least 4 members (excludes halogenated alkanes) is 39. The molecule has 0 saturated carbocycles. The average molecular weight is 780 g/mol. The van der Waals surface area contributed by atoms with E-state index in [0.717, 1.165) is 32.1 Å². The van der Waals surface area contributed by atoms with Crippen LogP contribution in [0.2, 0.25) is 0 Å². The summed E-state index contributed by atoms with van der Waals surface area (Å²) in [6.45, 7) is 4.21. The predicted octanol–water partition coefficient (Wildman–Crippen LogP) is 15.0. The lowest BCUT2D eigenvalue weighted by molar-refractivity contribution is -0.124. The van der Waals surface area contributed by atoms with Crippen LogP contribution in [0.3, 0.4) is 0 Å². The Bertz CT molecular complexity index is 733. The van der Waals surface area contributed by atoms with E-state index in [-0.39, 0.29) is 12.5 Å². The highest BCUT2D eigenvalue weighted by atomic mass is 16.3. The van der Waals surface area contributed by atoms with Gasteiger partial charge in [0, 0.05) is 6.42 Å². The number of aliphatic hydroxyl groups is 3. The number of aliphatic hydroxyl groups excluding tert-OH is 3. The summed E-state index contributed by atoms with van der Waals surface area (Å²) in [6, 6.07) is -0.803. The van der Waals surface area contributed by atoms with E-state index in [4.69, 9.17) is 0 Å². The van der Waals surface area contributed by atoms with E-state index < -0.39 is 18.2 Å². The highest BCUT2D eigenvalue weighted by Gasteiger charge is 2.26. The van der Waals surface area contributed by atoms with E-state index in [1.165, 1.54) is 231 Å². The molecule has 0 fully saturated rings. The molecule has 0 saturated heterocycles. The van der Waals surface area contributed by atoms with Gasteiger partial charge in [0.15, 0.2) is 0 Å². The minimum atomic E-state index is -1.13. The first-order chi connectivity index (χ1) is 27.1. The molecular formula is C50H101NO4. The number of amides is 1. The zero-order chi connectivity index (χ0) is 40.1. The normalized spacial score (nSPS) is 13.3. The van der Waals surface area contributed by atoms with Crippen LogP contribution in [0.15, 0.2) is 0 Å². The number of nitrogens with one attached hydrogen (secondary N) is 1. The Morgan fingerprint density at radius 3 is 0.873 bits per heavy atom. The van der Waals surface area contributed by atoms with Gasteiger partial charge in [-0.15, -0.1) is 0 Å². The Kier molecular flexibility index (Phi) is 45.5. The van der Waals surface area contributed by atoms with Crippen molar-refractivity contribution < 1.29 is 20.1 Å². The van der Waals surface area contributed by atoms with E-state index in [1.807, 2.05) is 0 Å². The molecule has 0 aliphatic rings. The van der Waals surface area contributed by atoms with Gasteiger partial charge >= 0.3 is 0 Å². The van der Waals surface area contributed by atoms with Gasteiger partial charge in [0.2, 0.25) is 5.91 Å². The summed E-state index contributed by atoms with van der Waals surface area (Å²) < 4.78 is 0. The lowest BCUT2D eigenvalue weighted by atomic mass is 9.99. The summed E-state index contributed by atoms with van der Waals surface area (Å²) in [5.41, 5.74) is 0. The van der Waals surface area contributed by atoms with E-state index in [0.29, 0.717) is 12.8 Å². The number of rotatable bonds is 47. The Hall–Kier alpha value is -0.650. The first-order valence-corrected chi connectivity index (χ1v) is 25.3. The second-order valence-corrected chi connectivity index (χ2v) is 17.7. The molecule has 0 heterocycles. The molecule has 0 bridgehead atoms. The first kappa shape index (κ1) is 54.3. The summed E-state index contributed by atoms with van der Waals surface area (Å²) in [6.07, 6.45) is 53.8. The van der Waals surface area contributed by atoms with Crippen LogP contribution in [0.5, 0.6) is 0 Å². The topological polar surface area (TPSA) is 89.8 Å². The van der Waals surface area contributed by atoms with Gasteiger partial charge in [-0.3, -0.25) is 4.79 Å². The van der Waals surface area contributed by atoms with Gasteiger partial charge in [-0.25, -0.2) is 0 Å². The Labute approximate surface area is 345 Å². The lowest BCUT2D eigenvalue weighted by Gasteiger charge is -2.26. The maximum Gasteiger partial charge on any atom is 0.220 e. The highest BCUT2D eigenvalue weighted by molar-refractivity contribution is 5.76. The fourth-order valence-corrected chi connectivity index (χ4v) is 8.28. The van der Waals surface area contributed by atoms with E-state index in [9.17, 15) is 20.1 Å². The summed E-state index contributed by atoms with van der Waals surface area (Å²) >= 11 is 0. The van der Waals surface area contributed by atoms with Crippen LogP contribution in [0.1, 0.15) is 290 Å². The van der Waals surface area contributed by atoms with Crippen molar-refractivity contribution >= 4 is 5.91 Å². The van der Waals surface area contributed by atoms with Crippen LogP contribution in [0, 0.1) is 0 Å². The molecule has 0 aliphatic heterocycles. The standard InChI is InChI=1S/C50H101NO4/c1-3-5-7-9-11-13-15-17-19-20-21-22-23-24-25-26-27-28-29-30-31-33-35-37-39-41-43-45-49(54)51-47(46-52)50(55)48(53)44-42-40-38-36-34-32-18-16-14-12-10-8-6-4-2/h47-48,50,52-53,55H,3-46H2,1-2H3,(H,51,54)/t47-,48+,50-/m0/s1. The fourth-order valence-electron chi connectivity index (χ4n) is 8.28. The van der Waals surface area contributed by atoms with Crippen molar-refractivity contribution in [3.8, 4) is 0 Å². The van der Waals surface area contributed by atoms with Crippen LogP contribution < -0.4 is 5.32 Å². The summed E-state index contributed by atoms with van der Waals surface area (Å²) in [5.74, 6) is -0.138.